The third kappa shape index (κ3) is 6.60. The van der Waals surface area contributed by atoms with E-state index in [4.69, 9.17) is 0 Å². The number of aliphatic carboxylic acids is 1. The maximum absolute atomic E-state index is 13.0. The zero-order valence-corrected chi connectivity index (χ0v) is 17.9. The largest absolute Gasteiger partial charge is 0.480 e. The zero-order chi connectivity index (χ0) is 24.5. The summed E-state index contributed by atoms with van der Waals surface area (Å²) in [6, 6.07) is 21.1. The van der Waals surface area contributed by atoms with Gasteiger partial charge in [0.15, 0.2) is 0 Å². The van der Waals surface area contributed by atoms with Gasteiger partial charge in [-0.1, -0.05) is 48.5 Å². The second kappa shape index (κ2) is 11.2. The molecule has 1 unspecified atom stereocenters. The average Bonchev–Trinajstić information content (AvgIpc) is 2.84. The Balaban J connectivity index is 1.87. The van der Waals surface area contributed by atoms with E-state index in [0.717, 1.165) is 0 Å². The maximum Gasteiger partial charge on any atom is 0.326 e. The fourth-order valence-corrected chi connectivity index (χ4v) is 3.09. The third-order valence-electron chi connectivity index (χ3n) is 4.83. The summed E-state index contributed by atoms with van der Waals surface area (Å²) in [4.78, 5) is 47.8. The van der Waals surface area contributed by atoms with Crippen LogP contribution in [0.5, 0.6) is 0 Å². The fraction of sp³-hybridized carbons (Fsp3) is 0.0800. The van der Waals surface area contributed by atoms with Gasteiger partial charge in [0.05, 0.1) is 4.92 Å². The number of carbonyl (C=O) groups is 3. The third-order valence-corrected chi connectivity index (χ3v) is 4.83. The van der Waals surface area contributed by atoms with Gasteiger partial charge >= 0.3 is 5.97 Å². The molecule has 0 radical (unpaired) electrons. The van der Waals surface area contributed by atoms with Gasteiger partial charge in [0.25, 0.3) is 17.5 Å². The van der Waals surface area contributed by atoms with Gasteiger partial charge in [0.2, 0.25) is 0 Å². The number of hydrogen-bond donors (Lipinski definition) is 3. The smallest absolute Gasteiger partial charge is 0.326 e. The lowest BCUT2D eigenvalue weighted by Crippen LogP contribution is -2.45. The molecule has 2 amide bonds. The van der Waals surface area contributed by atoms with Crippen LogP contribution >= 0.6 is 0 Å². The highest BCUT2D eigenvalue weighted by molar-refractivity contribution is 6.06. The van der Waals surface area contributed by atoms with Crippen molar-refractivity contribution >= 4 is 29.5 Å². The van der Waals surface area contributed by atoms with Crippen LogP contribution in [-0.4, -0.2) is 33.9 Å². The monoisotopic (exact) mass is 459 g/mol. The molecule has 1 atom stereocenters. The van der Waals surface area contributed by atoms with Crippen LogP contribution in [0.1, 0.15) is 21.5 Å². The molecule has 0 saturated carbocycles. The Hall–Kier alpha value is -4.79. The maximum atomic E-state index is 13.0. The van der Waals surface area contributed by atoms with E-state index in [2.05, 4.69) is 10.6 Å². The van der Waals surface area contributed by atoms with E-state index in [-0.39, 0.29) is 17.8 Å². The van der Waals surface area contributed by atoms with E-state index >= 15 is 0 Å². The van der Waals surface area contributed by atoms with Crippen molar-refractivity contribution in [3.05, 3.63) is 117 Å². The minimum Gasteiger partial charge on any atom is -0.480 e. The molecule has 0 aliphatic heterocycles. The van der Waals surface area contributed by atoms with E-state index in [1.807, 2.05) is 0 Å². The second-order valence-corrected chi connectivity index (χ2v) is 7.28. The minimum atomic E-state index is -1.25. The van der Waals surface area contributed by atoms with Crippen molar-refractivity contribution in [2.24, 2.45) is 0 Å². The van der Waals surface area contributed by atoms with E-state index in [9.17, 15) is 29.6 Å². The molecule has 0 saturated heterocycles. The number of rotatable bonds is 9. The predicted molar refractivity (Wildman–Crippen MR) is 125 cm³/mol. The molecule has 9 nitrogen and oxygen atoms in total. The van der Waals surface area contributed by atoms with E-state index in [1.165, 1.54) is 30.3 Å². The molecule has 34 heavy (non-hydrogen) atoms. The quantitative estimate of drug-likeness (QED) is 0.255. The SMILES string of the molecule is O=C(NC(Cc1ccccc1)C(=O)O)/C(=C/c1ccc([N+](=O)[O-])cc1)NC(=O)c1ccccc1. The standard InChI is InChI=1S/C25H21N3O6/c29-23(19-9-5-2-6-10-19)26-21(15-18-11-13-20(14-12-18)28(33)34)24(30)27-22(25(31)32)16-17-7-3-1-4-8-17/h1-15,22H,16H2,(H,26,29)(H,27,30)(H,31,32)/b21-15-. The number of amides is 2. The number of hydrogen-bond acceptors (Lipinski definition) is 5. The summed E-state index contributed by atoms with van der Waals surface area (Å²) in [6.07, 6.45) is 1.36. The molecule has 3 rings (SSSR count). The van der Waals surface area contributed by atoms with Gasteiger partial charge in [-0.3, -0.25) is 19.7 Å². The summed E-state index contributed by atoms with van der Waals surface area (Å²) >= 11 is 0. The van der Waals surface area contributed by atoms with Gasteiger partial charge in [-0.15, -0.1) is 0 Å². The highest BCUT2D eigenvalue weighted by atomic mass is 16.6. The number of nitrogens with one attached hydrogen (secondary N) is 2. The first kappa shape index (κ1) is 23.9. The van der Waals surface area contributed by atoms with Gasteiger partial charge in [-0.25, -0.2) is 4.79 Å². The first-order valence-corrected chi connectivity index (χ1v) is 10.2. The lowest BCUT2D eigenvalue weighted by atomic mass is 10.1. The van der Waals surface area contributed by atoms with Gasteiger partial charge in [0, 0.05) is 24.1 Å². The van der Waals surface area contributed by atoms with Gasteiger partial charge < -0.3 is 15.7 Å². The molecule has 3 aromatic rings. The van der Waals surface area contributed by atoms with Crippen LogP contribution in [0.25, 0.3) is 6.08 Å². The van der Waals surface area contributed by atoms with Crippen LogP contribution in [0.15, 0.2) is 90.6 Å². The van der Waals surface area contributed by atoms with Crippen LogP contribution in [-0.2, 0) is 16.0 Å². The topological polar surface area (TPSA) is 139 Å². The van der Waals surface area contributed by atoms with Crippen molar-refractivity contribution in [2.45, 2.75) is 12.5 Å². The summed E-state index contributed by atoms with van der Waals surface area (Å²) in [5, 5.41) is 25.5. The Morgan fingerprint density at radius 3 is 2.06 bits per heavy atom. The normalized spacial score (nSPS) is 11.8. The Labute approximate surface area is 194 Å². The molecule has 0 fully saturated rings. The fourth-order valence-electron chi connectivity index (χ4n) is 3.09. The average molecular weight is 459 g/mol. The van der Waals surface area contributed by atoms with Crippen LogP contribution in [0.4, 0.5) is 5.69 Å². The van der Waals surface area contributed by atoms with Crippen LogP contribution in [0.2, 0.25) is 0 Å². The molecular weight excluding hydrogens is 438 g/mol. The molecule has 3 aromatic carbocycles. The lowest BCUT2D eigenvalue weighted by molar-refractivity contribution is -0.384. The second-order valence-electron chi connectivity index (χ2n) is 7.28. The minimum absolute atomic E-state index is 0.0410. The Kier molecular flexibility index (Phi) is 7.85. The number of nitrogens with zero attached hydrogens (tertiary/aromatic N) is 1. The first-order valence-electron chi connectivity index (χ1n) is 10.2. The molecule has 0 bridgehead atoms. The number of nitro benzene ring substituents is 1. The van der Waals surface area contributed by atoms with Crippen molar-refractivity contribution in [1.82, 2.24) is 10.6 Å². The van der Waals surface area contributed by atoms with E-state index in [0.29, 0.717) is 16.7 Å². The highest BCUT2D eigenvalue weighted by Gasteiger charge is 2.23. The van der Waals surface area contributed by atoms with Gasteiger partial charge in [0.1, 0.15) is 11.7 Å². The highest BCUT2D eigenvalue weighted by Crippen LogP contribution is 2.15. The Bertz CT molecular complexity index is 1210. The van der Waals surface area contributed by atoms with Crippen molar-refractivity contribution in [2.75, 3.05) is 0 Å². The molecule has 9 heteroatoms. The molecule has 3 N–H and O–H groups in total. The van der Waals surface area contributed by atoms with E-state index < -0.39 is 28.7 Å². The summed E-state index contributed by atoms with van der Waals surface area (Å²) in [7, 11) is 0. The number of carboxylic acids is 1. The molecule has 0 aliphatic rings. The van der Waals surface area contributed by atoms with Crippen molar-refractivity contribution in [3.8, 4) is 0 Å². The first-order chi connectivity index (χ1) is 16.3. The van der Waals surface area contributed by atoms with Crippen LogP contribution < -0.4 is 10.6 Å². The number of non-ortho nitro benzene ring substituents is 1. The molecule has 0 aromatic heterocycles. The number of carboxylic acid groups (broad SMARTS) is 1. The van der Waals surface area contributed by atoms with Crippen molar-refractivity contribution < 1.29 is 24.4 Å². The molecule has 0 aliphatic carbocycles. The van der Waals surface area contributed by atoms with Gasteiger partial charge in [-0.2, -0.15) is 0 Å². The Morgan fingerprint density at radius 1 is 0.912 bits per heavy atom. The Morgan fingerprint density at radius 2 is 1.50 bits per heavy atom. The summed E-state index contributed by atoms with van der Waals surface area (Å²) in [6.45, 7) is 0. The number of nitro groups is 1. The summed E-state index contributed by atoms with van der Waals surface area (Å²) in [5.74, 6) is -2.62. The van der Waals surface area contributed by atoms with E-state index in [1.54, 1.807) is 60.7 Å². The number of benzene rings is 3. The summed E-state index contributed by atoms with van der Waals surface area (Å²) < 4.78 is 0. The van der Waals surface area contributed by atoms with Gasteiger partial charge in [-0.05, 0) is 41.5 Å². The predicted octanol–water partition coefficient (Wildman–Crippen LogP) is 3.18. The van der Waals surface area contributed by atoms with Crippen molar-refractivity contribution in [1.29, 1.82) is 0 Å². The number of carbonyl (C=O) groups excluding carboxylic acids is 2. The molecule has 0 heterocycles. The molecule has 172 valence electrons. The molecular formula is C25H21N3O6. The van der Waals surface area contributed by atoms with Crippen LogP contribution in [0.3, 0.4) is 0 Å². The zero-order valence-electron chi connectivity index (χ0n) is 17.9. The molecule has 0 spiro atoms. The summed E-state index contributed by atoms with van der Waals surface area (Å²) in [5.41, 5.74) is 1.07. The van der Waals surface area contributed by atoms with Crippen molar-refractivity contribution in [3.63, 3.8) is 0 Å². The van der Waals surface area contributed by atoms with Crippen LogP contribution in [0, 0.1) is 10.1 Å². The lowest BCUT2D eigenvalue weighted by Gasteiger charge is -2.17.